The molecule has 3 heterocycles. The number of rotatable bonds is 4. The molecule has 8 heteroatoms. The Morgan fingerprint density at radius 1 is 1.23 bits per heavy atom. The van der Waals surface area contributed by atoms with E-state index in [2.05, 4.69) is 15.1 Å². The number of β-amino-alcohol motifs (C(OH)–C–C–N with tert-alkyl or cyclic N) is 1. The van der Waals surface area contributed by atoms with E-state index in [1.54, 1.807) is 13.0 Å². The Hall–Kier alpha value is -2.58. The number of aliphatic hydroxyl groups is 1. The van der Waals surface area contributed by atoms with Gasteiger partial charge >= 0.3 is 0 Å². The number of ether oxygens (including phenoxy) is 2. The fraction of sp³-hybridized carbons (Fsp3) is 0.444. The predicted molar refractivity (Wildman–Crippen MR) is 94.2 cm³/mol. The van der Waals surface area contributed by atoms with Gasteiger partial charge in [-0.05, 0) is 31.2 Å². The van der Waals surface area contributed by atoms with Crippen LogP contribution in [0.15, 0.2) is 24.3 Å². The Labute approximate surface area is 151 Å². The highest BCUT2D eigenvalue weighted by molar-refractivity contribution is 5.93. The van der Waals surface area contributed by atoms with Gasteiger partial charge in [-0.3, -0.25) is 14.8 Å². The molecule has 138 valence electrons. The van der Waals surface area contributed by atoms with E-state index in [1.807, 2.05) is 23.1 Å². The molecule has 1 fully saturated rings. The van der Waals surface area contributed by atoms with Crippen molar-refractivity contribution in [3.8, 4) is 22.8 Å². The highest BCUT2D eigenvalue weighted by Crippen LogP contribution is 2.35. The Morgan fingerprint density at radius 3 is 2.77 bits per heavy atom. The first-order valence-corrected chi connectivity index (χ1v) is 8.75. The standard InChI is InChI=1S/C18H22N4O4/c1-12(23)10-21-4-6-22(7-5-21)18(24)15-9-14(19-20-15)13-2-3-16-17(8-13)26-11-25-16/h2-3,8-9,12,23H,4-7,10-11H2,1H3,(H,19,20). The van der Waals surface area contributed by atoms with E-state index >= 15 is 0 Å². The molecule has 0 radical (unpaired) electrons. The van der Waals surface area contributed by atoms with Crippen molar-refractivity contribution in [3.63, 3.8) is 0 Å². The highest BCUT2D eigenvalue weighted by atomic mass is 16.7. The number of aliphatic hydroxyl groups excluding tert-OH is 1. The highest BCUT2D eigenvalue weighted by Gasteiger charge is 2.24. The van der Waals surface area contributed by atoms with E-state index in [0.29, 0.717) is 36.8 Å². The summed E-state index contributed by atoms with van der Waals surface area (Å²) in [7, 11) is 0. The molecule has 0 aliphatic carbocycles. The SMILES string of the molecule is CC(O)CN1CCN(C(=O)c2cc(-c3ccc4c(c3)OCO4)n[nH]2)CC1. The normalized spacial score (nSPS) is 18.2. The molecular weight excluding hydrogens is 336 g/mol. The number of carbonyl (C=O) groups is 1. The van der Waals surface area contributed by atoms with Crippen LogP contribution in [-0.4, -0.2) is 76.6 Å². The lowest BCUT2D eigenvalue weighted by atomic mass is 10.1. The lowest BCUT2D eigenvalue weighted by Gasteiger charge is -2.34. The Kier molecular flexibility index (Phi) is 4.52. The number of hydrogen-bond donors (Lipinski definition) is 2. The maximum Gasteiger partial charge on any atom is 0.271 e. The van der Waals surface area contributed by atoms with Crippen molar-refractivity contribution in [2.24, 2.45) is 0 Å². The maximum atomic E-state index is 12.7. The van der Waals surface area contributed by atoms with Crippen LogP contribution in [0, 0.1) is 0 Å². The molecule has 1 aromatic heterocycles. The average molecular weight is 358 g/mol. The van der Waals surface area contributed by atoms with Gasteiger partial charge in [0.25, 0.3) is 5.91 Å². The summed E-state index contributed by atoms with van der Waals surface area (Å²) in [4.78, 5) is 16.7. The van der Waals surface area contributed by atoms with Crippen LogP contribution in [0.4, 0.5) is 0 Å². The summed E-state index contributed by atoms with van der Waals surface area (Å²) in [6, 6.07) is 7.37. The van der Waals surface area contributed by atoms with E-state index in [9.17, 15) is 9.90 Å². The third kappa shape index (κ3) is 3.38. The van der Waals surface area contributed by atoms with E-state index in [0.717, 1.165) is 24.4 Å². The number of aromatic nitrogens is 2. The Morgan fingerprint density at radius 2 is 2.00 bits per heavy atom. The molecule has 2 aliphatic rings. The third-order valence-corrected chi connectivity index (χ3v) is 4.66. The summed E-state index contributed by atoms with van der Waals surface area (Å²) in [6.45, 7) is 5.46. The molecule has 0 bridgehead atoms. The van der Waals surface area contributed by atoms with Gasteiger partial charge in [-0.2, -0.15) is 5.10 Å². The largest absolute Gasteiger partial charge is 0.454 e. The number of aromatic amines is 1. The Balaban J connectivity index is 1.42. The first-order valence-electron chi connectivity index (χ1n) is 8.75. The van der Waals surface area contributed by atoms with Gasteiger partial charge in [0.05, 0.1) is 11.8 Å². The second-order valence-corrected chi connectivity index (χ2v) is 6.68. The molecule has 0 spiro atoms. The van der Waals surface area contributed by atoms with Crippen molar-refractivity contribution in [2.45, 2.75) is 13.0 Å². The zero-order valence-corrected chi connectivity index (χ0v) is 14.6. The first kappa shape index (κ1) is 16.9. The molecule has 2 aromatic rings. The number of amides is 1. The van der Waals surface area contributed by atoms with Gasteiger partial charge < -0.3 is 19.5 Å². The number of nitrogens with one attached hydrogen (secondary N) is 1. The van der Waals surface area contributed by atoms with Crippen LogP contribution in [0.3, 0.4) is 0 Å². The van der Waals surface area contributed by atoms with Gasteiger partial charge in [0.1, 0.15) is 5.69 Å². The van der Waals surface area contributed by atoms with Crippen LogP contribution in [0.1, 0.15) is 17.4 Å². The fourth-order valence-electron chi connectivity index (χ4n) is 3.31. The van der Waals surface area contributed by atoms with Crippen LogP contribution < -0.4 is 9.47 Å². The molecule has 1 atom stereocenters. The monoisotopic (exact) mass is 358 g/mol. The van der Waals surface area contributed by atoms with Crippen molar-refractivity contribution in [3.05, 3.63) is 30.0 Å². The van der Waals surface area contributed by atoms with Crippen LogP contribution in [0.2, 0.25) is 0 Å². The van der Waals surface area contributed by atoms with Gasteiger partial charge in [0, 0.05) is 38.3 Å². The number of fused-ring (bicyclic) bond motifs is 1. The van der Waals surface area contributed by atoms with Crippen LogP contribution >= 0.6 is 0 Å². The predicted octanol–water partition coefficient (Wildman–Crippen LogP) is 0.944. The molecule has 26 heavy (non-hydrogen) atoms. The van der Waals surface area contributed by atoms with Crippen molar-refractivity contribution >= 4 is 5.91 Å². The van der Waals surface area contributed by atoms with Gasteiger partial charge in [0.15, 0.2) is 11.5 Å². The second-order valence-electron chi connectivity index (χ2n) is 6.68. The van der Waals surface area contributed by atoms with E-state index in [-0.39, 0.29) is 18.8 Å². The van der Waals surface area contributed by atoms with Gasteiger partial charge in [0.2, 0.25) is 6.79 Å². The van der Waals surface area contributed by atoms with Crippen molar-refractivity contribution in [1.29, 1.82) is 0 Å². The van der Waals surface area contributed by atoms with Crippen LogP contribution in [0.25, 0.3) is 11.3 Å². The number of carbonyl (C=O) groups excluding carboxylic acids is 1. The van der Waals surface area contributed by atoms with Crippen molar-refractivity contribution in [1.82, 2.24) is 20.0 Å². The number of nitrogens with zero attached hydrogens (tertiary/aromatic N) is 3. The van der Waals surface area contributed by atoms with Crippen LogP contribution in [-0.2, 0) is 0 Å². The van der Waals surface area contributed by atoms with Gasteiger partial charge in [-0.25, -0.2) is 0 Å². The molecule has 4 rings (SSSR count). The molecule has 1 saturated heterocycles. The quantitative estimate of drug-likeness (QED) is 0.845. The molecular formula is C18H22N4O4. The number of benzene rings is 1. The second kappa shape index (κ2) is 6.97. The summed E-state index contributed by atoms with van der Waals surface area (Å²) in [5.41, 5.74) is 2.03. The maximum absolute atomic E-state index is 12.7. The number of hydrogen-bond acceptors (Lipinski definition) is 6. The molecule has 1 unspecified atom stereocenters. The molecule has 1 amide bonds. The summed E-state index contributed by atoms with van der Waals surface area (Å²) in [5.74, 6) is 1.35. The van der Waals surface area contributed by atoms with Crippen molar-refractivity contribution in [2.75, 3.05) is 39.5 Å². The summed E-state index contributed by atoms with van der Waals surface area (Å²) in [5, 5.41) is 16.6. The zero-order chi connectivity index (χ0) is 18.1. The van der Waals surface area contributed by atoms with Crippen molar-refractivity contribution < 1.29 is 19.4 Å². The number of H-pyrrole nitrogens is 1. The topological polar surface area (TPSA) is 90.9 Å². The van der Waals surface area contributed by atoms with Gasteiger partial charge in [-0.15, -0.1) is 0 Å². The smallest absolute Gasteiger partial charge is 0.271 e. The molecule has 2 N–H and O–H groups in total. The lowest BCUT2D eigenvalue weighted by molar-refractivity contribution is 0.0549. The van der Waals surface area contributed by atoms with E-state index in [1.165, 1.54) is 0 Å². The van der Waals surface area contributed by atoms with E-state index in [4.69, 9.17) is 9.47 Å². The third-order valence-electron chi connectivity index (χ3n) is 4.66. The minimum atomic E-state index is -0.353. The fourth-order valence-corrected chi connectivity index (χ4v) is 3.31. The minimum absolute atomic E-state index is 0.0545. The van der Waals surface area contributed by atoms with Crippen LogP contribution in [0.5, 0.6) is 11.5 Å². The molecule has 2 aliphatic heterocycles. The molecule has 0 saturated carbocycles. The average Bonchev–Trinajstić information content (AvgIpc) is 3.30. The summed E-state index contributed by atoms with van der Waals surface area (Å²) in [6.07, 6.45) is -0.353. The Bertz CT molecular complexity index is 796. The summed E-state index contributed by atoms with van der Waals surface area (Å²) < 4.78 is 10.7. The van der Waals surface area contributed by atoms with E-state index < -0.39 is 0 Å². The zero-order valence-electron chi connectivity index (χ0n) is 14.6. The summed E-state index contributed by atoms with van der Waals surface area (Å²) >= 11 is 0. The number of piperazine rings is 1. The first-order chi connectivity index (χ1) is 12.6. The molecule has 8 nitrogen and oxygen atoms in total. The molecule has 1 aromatic carbocycles. The van der Waals surface area contributed by atoms with Gasteiger partial charge in [-0.1, -0.05) is 0 Å². The lowest BCUT2D eigenvalue weighted by Crippen LogP contribution is -2.50. The minimum Gasteiger partial charge on any atom is -0.454 e.